The fraction of sp³-hybridized carbons (Fsp3) is 0.333. The van der Waals surface area contributed by atoms with E-state index < -0.39 is 23.8 Å². The normalized spacial score (nSPS) is 11.7. The van der Waals surface area contributed by atoms with Gasteiger partial charge >= 0.3 is 5.97 Å². The number of amides is 2. The van der Waals surface area contributed by atoms with E-state index in [0.717, 1.165) is 0 Å². The van der Waals surface area contributed by atoms with Crippen molar-refractivity contribution < 1.29 is 19.5 Å². The molecule has 4 N–H and O–H groups in total. The van der Waals surface area contributed by atoms with Crippen molar-refractivity contribution >= 4 is 29.4 Å². The third-order valence-electron chi connectivity index (χ3n) is 2.52. The van der Waals surface area contributed by atoms with E-state index in [9.17, 15) is 14.4 Å². The topological polar surface area (TPSA) is 122 Å². The van der Waals surface area contributed by atoms with Gasteiger partial charge in [0.05, 0.1) is 10.6 Å². The number of nitrogens with two attached hydrogens (primary N) is 1. The number of carboxylic acids is 1. The Bertz CT molecular complexity index is 548. The van der Waals surface area contributed by atoms with E-state index in [-0.39, 0.29) is 23.4 Å². The second kappa shape index (κ2) is 6.85. The highest BCUT2D eigenvalue weighted by Crippen LogP contribution is 2.15. The van der Waals surface area contributed by atoms with Gasteiger partial charge in [-0.2, -0.15) is 0 Å². The Balaban J connectivity index is 2.80. The minimum Gasteiger partial charge on any atom is -0.480 e. The lowest BCUT2D eigenvalue weighted by Crippen LogP contribution is -2.41. The largest absolute Gasteiger partial charge is 0.480 e. The van der Waals surface area contributed by atoms with E-state index >= 15 is 0 Å². The first-order valence-corrected chi connectivity index (χ1v) is 6.13. The van der Waals surface area contributed by atoms with Crippen LogP contribution in [0.15, 0.2) is 12.3 Å². The predicted octanol–water partition coefficient (Wildman–Crippen LogP) is 0.492. The Morgan fingerprint density at radius 3 is 2.65 bits per heavy atom. The summed E-state index contributed by atoms with van der Waals surface area (Å²) in [7, 11) is 0. The van der Waals surface area contributed by atoms with Crippen molar-refractivity contribution in [3.8, 4) is 0 Å². The van der Waals surface area contributed by atoms with Crippen LogP contribution in [0.5, 0.6) is 0 Å². The number of aryl methyl sites for hydroxylation is 1. The van der Waals surface area contributed by atoms with Crippen LogP contribution in [0.1, 0.15) is 28.9 Å². The molecule has 0 aromatic carbocycles. The van der Waals surface area contributed by atoms with E-state index in [1.807, 2.05) is 0 Å². The van der Waals surface area contributed by atoms with Crippen molar-refractivity contribution in [2.45, 2.75) is 25.8 Å². The van der Waals surface area contributed by atoms with Crippen molar-refractivity contribution in [2.75, 3.05) is 0 Å². The average Bonchev–Trinajstić information content (AvgIpc) is 2.33. The third kappa shape index (κ3) is 4.51. The van der Waals surface area contributed by atoms with Gasteiger partial charge in [-0.25, -0.2) is 4.79 Å². The number of primary amides is 1. The molecular weight excluding hydrogens is 286 g/mol. The van der Waals surface area contributed by atoms with Gasteiger partial charge in [0.1, 0.15) is 6.04 Å². The maximum absolute atomic E-state index is 11.9. The molecule has 1 rings (SSSR count). The molecule has 0 unspecified atom stereocenters. The molecule has 1 aromatic rings. The summed E-state index contributed by atoms with van der Waals surface area (Å²) >= 11 is 5.89. The van der Waals surface area contributed by atoms with Gasteiger partial charge in [0.15, 0.2) is 0 Å². The number of nitrogens with one attached hydrogen (secondary N) is 1. The van der Waals surface area contributed by atoms with Crippen molar-refractivity contribution in [1.29, 1.82) is 0 Å². The number of nitrogens with zero attached hydrogens (tertiary/aromatic N) is 1. The number of carbonyl (C=O) groups excluding carboxylic acids is 2. The highest BCUT2D eigenvalue weighted by Gasteiger charge is 2.22. The zero-order valence-corrected chi connectivity index (χ0v) is 11.5. The van der Waals surface area contributed by atoms with Crippen LogP contribution in [0, 0.1) is 6.92 Å². The molecule has 0 fully saturated rings. The summed E-state index contributed by atoms with van der Waals surface area (Å²) in [6.45, 7) is 1.71. The number of hydrogen-bond donors (Lipinski definition) is 3. The molecule has 0 aliphatic heterocycles. The fourth-order valence-electron chi connectivity index (χ4n) is 1.47. The molecule has 0 aliphatic rings. The number of aromatic nitrogens is 1. The van der Waals surface area contributed by atoms with Crippen LogP contribution in [0.4, 0.5) is 0 Å². The van der Waals surface area contributed by atoms with Crippen LogP contribution in [0.2, 0.25) is 5.02 Å². The maximum atomic E-state index is 11.9. The van der Waals surface area contributed by atoms with Crippen LogP contribution in [-0.2, 0) is 9.59 Å². The molecule has 0 radical (unpaired) electrons. The first-order valence-electron chi connectivity index (χ1n) is 5.75. The van der Waals surface area contributed by atoms with Gasteiger partial charge in [-0.3, -0.25) is 14.6 Å². The summed E-state index contributed by atoms with van der Waals surface area (Å²) in [4.78, 5) is 37.5. The molecular formula is C12H14ClN3O4. The molecule has 0 saturated heterocycles. The molecule has 0 bridgehead atoms. The summed E-state index contributed by atoms with van der Waals surface area (Å²) in [5, 5.41) is 11.4. The molecule has 0 aliphatic carbocycles. The SMILES string of the molecule is Cc1cc(Cl)c(C(=O)N[C@@H](CCC(N)=O)C(=O)O)cn1. The lowest BCUT2D eigenvalue weighted by Gasteiger charge is -2.14. The first kappa shape index (κ1) is 15.9. The van der Waals surface area contributed by atoms with Gasteiger partial charge in [-0.1, -0.05) is 11.6 Å². The predicted molar refractivity (Wildman–Crippen MR) is 71.3 cm³/mol. The summed E-state index contributed by atoms with van der Waals surface area (Å²) in [6, 6.07) is 0.280. The van der Waals surface area contributed by atoms with E-state index in [2.05, 4.69) is 10.3 Å². The number of halogens is 1. The zero-order chi connectivity index (χ0) is 15.3. The van der Waals surface area contributed by atoms with Gasteiger partial charge in [0.2, 0.25) is 5.91 Å². The molecule has 0 spiro atoms. The second-order valence-electron chi connectivity index (χ2n) is 4.17. The number of aliphatic carboxylic acids is 1. The Labute approximate surface area is 120 Å². The summed E-state index contributed by atoms with van der Waals surface area (Å²) < 4.78 is 0. The molecule has 7 nitrogen and oxygen atoms in total. The minimum absolute atomic E-state index is 0.0718. The molecule has 2 amide bonds. The van der Waals surface area contributed by atoms with E-state index in [1.165, 1.54) is 12.3 Å². The Hall–Kier alpha value is -2.15. The van der Waals surface area contributed by atoms with Gasteiger partial charge in [0.25, 0.3) is 5.91 Å². The summed E-state index contributed by atoms with van der Waals surface area (Å²) in [5.74, 6) is -2.56. The van der Waals surface area contributed by atoms with Crippen molar-refractivity contribution in [3.63, 3.8) is 0 Å². The Morgan fingerprint density at radius 2 is 2.15 bits per heavy atom. The van der Waals surface area contributed by atoms with Crippen molar-refractivity contribution in [3.05, 3.63) is 28.5 Å². The van der Waals surface area contributed by atoms with Crippen LogP contribution in [0.3, 0.4) is 0 Å². The lowest BCUT2D eigenvalue weighted by molar-refractivity contribution is -0.139. The molecule has 0 saturated carbocycles. The minimum atomic E-state index is -1.25. The molecule has 8 heteroatoms. The lowest BCUT2D eigenvalue weighted by atomic mass is 10.1. The number of carboxylic acid groups (broad SMARTS) is 1. The molecule has 1 atom stereocenters. The zero-order valence-electron chi connectivity index (χ0n) is 10.7. The van der Waals surface area contributed by atoms with Gasteiger partial charge in [-0.05, 0) is 19.4 Å². The van der Waals surface area contributed by atoms with Gasteiger partial charge in [-0.15, -0.1) is 0 Å². The number of hydrogen-bond acceptors (Lipinski definition) is 4. The van der Waals surface area contributed by atoms with Crippen LogP contribution < -0.4 is 11.1 Å². The smallest absolute Gasteiger partial charge is 0.326 e. The van der Waals surface area contributed by atoms with Crippen LogP contribution >= 0.6 is 11.6 Å². The summed E-state index contributed by atoms with van der Waals surface area (Å²) in [5.41, 5.74) is 5.65. The highest BCUT2D eigenvalue weighted by molar-refractivity contribution is 6.33. The average molecular weight is 300 g/mol. The molecule has 108 valence electrons. The first-order chi connectivity index (χ1) is 9.31. The van der Waals surface area contributed by atoms with E-state index in [1.54, 1.807) is 6.92 Å². The van der Waals surface area contributed by atoms with Gasteiger partial charge < -0.3 is 16.2 Å². The van der Waals surface area contributed by atoms with Crippen molar-refractivity contribution in [1.82, 2.24) is 10.3 Å². The van der Waals surface area contributed by atoms with Crippen LogP contribution in [-0.4, -0.2) is 33.9 Å². The van der Waals surface area contributed by atoms with Crippen molar-refractivity contribution in [2.24, 2.45) is 5.73 Å². The van der Waals surface area contributed by atoms with Crippen LogP contribution in [0.25, 0.3) is 0 Å². The molecule has 1 heterocycles. The van der Waals surface area contributed by atoms with E-state index in [0.29, 0.717) is 5.69 Å². The Kier molecular flexibility index (Phi) is 5.45. The Morgan fingerprint density at radius 1 is 1.50 bits per heavy atom. The number of rotatable bonds is 6. The number of pyridine rings is 1. The van der Waals surface area contributed by atoms with E-state index in [4.69, 9.17) is 22.4 Å². The third-order valence-corrected chi connectivity index (χ3v) is 2.83. The molecule has 1 aromatic heterocycles. The number of carbonyl (C=O) groups is 3. The molecule has 20 heavy (non-hydrogen) atoms. The second-order valence-corrected chi connectivity index (χ2v) is 4.58. The quantitative estimate of drug-likeness (QED) is 0.705. The van der Waals surface area contributed by atoms with Gasteiger partial charge in [0, 0.05) is 18.3 Å². The standard InChI is InChI=1S/C12H14ClN3O4/c1-6-4-8(13)7(5-15-6)11(18)16-9(12(19)20)2-3-10(14)17/h4-5,9H,2-3H2,1H3,(H2,14,17)(H,16,18)(H,19,20)/t9-/m0/s1. The maximum Gasteiger partial charge on any atom is 0.326 e. The highest BCUT2D eigenvalue weighted by atomic mass is 35.5. The summed E-state index contributed by atoms with van der Waals surface area (Å²) in [6.07, 6.45) is 1.03. The fourth-order valence-corrected chi connectivity index (χ4v) is 1.77. The monoisotopic (exact) mass is 299 g/mol.